The van der Waals surface area contributed by atoms with E-state index in [0.717, 1.165) is 40.5 Å². The van der Waals surface area contributed by atoms with Crippen LogP contribution in [0.4, 0.5) is 0 Å². The van der Waals surface area contributed by atoms with Crippen LogP contribution in [-0.2, 0) is 12.8 Å². The van der Waals surface area contributed by atoms with Crippen molar-refractivity contribution in [3.63, 3.8) is 0 Å². The van der Waals surface area contributed by atoms with Gasteiger partial charge >= 0.3 is 0 Å². The Hall–Kier alpha value is -2.60. The molecule has 0 bridgehead atoms. The third kappa shape index (κ3) is 10.7. The highest BCUT2D eigenvalue weighted by Crippen LogP contribution is 2.31. The maximum absolute atomic E-state index is 6.11. The molecule has 0 spiro atoms. The lowest BCUT2D eigenvalue weighted by Crippen LogP contribution is -2.02. The van der Waals surface area contributed by atoms with E-state index in [1.54, 1.807) is 22.8 Å². The summed E-state index contributed by atoms with van der Waals surface area (Å²) in [5.41, 5.74) is 2.88. The lowest BCUT2D eigenvalue weighted by Gasteiger charge is -2.06. The van der Waals surface area contributed by atoms with Crippen LogP contribution in [0, 0.1) is 0 Å². The Morgan fingerprint density at radius 2 is 1.51 bits per heavy atom. The zero-order valence-electron chi connectivity index (χ0n) is 22.8. The van der Waals surface area contributed by atoms with E-state index in [2.05, 4.69) is 70.6 Å². The van der Waals surface area contributed by atoms with Gasteiger partial charge in [-0.1, -0.05) is 112 Å². The Kier molecular flexibility index (Phi) is 13.9. The molecule has 0 aliphatic rings. The Balaban J connectivity index is 1.27. The summed E-state index contributed by atoms with van der Waals surface area (Å²) in [6.45, 7) is 2.95. The van der Waals surface area contributed by atoms with Crippen LogP contribution in [0.5, 0.6) is 5.88 Å². The summed E-state index contributed by atoms with van der Waals surface area (Å²) >= 11 is 1.69. The van der Waals surface area contributed by atoms with Crippen molar-refractivity contribution in [3.05, 3.63) is 66.5 Å². The zero-order chi connectivity index (χ0) is 26.0. The van der Waals surface area contributed by atoms with Crippen LogP contribution in [0.2, 0.25) is 0 Å². The fourth-order valence-electron chi connectivity index (χ4n) is 4.21. The summed E-state index contributed by atoms with van der Waals surface area (Å²) in [6.07, 6.45) is 25.8. The standard InChI is InChI=1S/C31H44N4OS/c1-3-4-5-6-7-8-9-10-11-12-13-14-15-16-17-21-24-36-31-29-28(34-35(31)2)30(33-26-32-29)37-25-27-22-19-18-20-23-27/h7-8,10-11,18-20,22-23,26H,3-6,9,12-17,21,24-25H2,1-2H3/b8-7+,11-10+. The van der Waals surface area contributed by atoms with Crippen molar-refractivity contribution in [3.8, 4) is 5.88 Å². The number of unbranched alkanes of at least 4 members (excludes halogenated alkanes) is 9. The summed E-state index contributed by atoms with van der Waals surface area (Å²) in [5.74, 6) is 1.59. The van der Waals surface area contributed by atoms with Gasteiger partial charge in [0, 0.05) is 12.8 Å². The van der Waals surface area contributed by atoms with Gasteiger partial charge in [-0.15, -0.1) is 0 Å². The molecule has 2 heterocycles. The molecule has 0 N–H and O–H groups in total. The van der Waals surface area contributed by atoms with E-state index in [1.807, 2.05) is 13.1 Å². The normalized spacial score (nSPS) is 11.8. The molecule has 3 rings (SSSR count). The Labute approximate surface area is 227 Å². The van der Waals surface area contributed by atoms with Gasteiger partial charge in [-0.25, -0.2) is 14.6 Å². The second kappa shape index (κ2) is 17.8. The number of thioether (sulfide) groups is 1. The van der Waals surface area contributed by atoms with Gasteiger partial charge < -0.3 is 4.74 Å². The molecule has 0 saturated heterocycles. The van der Waals surface area contributed by atoms with E-state index in [-0.39, 0.29) is 0 Å². The number of aryl methyl sites for hydroxylation is 1. The van der Waals surface area contributed by atoms with Crippen LogP contribution in [0.15, 0.2) is 66.0 Å². The number of rotatable bonds is 19. The van der Waals surface area contributed by atoms with Crippen molar-refractivity contribution < 1.29 is 4.74 Å². The minimum atomic E-state index is 0.694. The van der Waals surface area contributed by atoms with E-state index >= 15 is 0 Å². The van der Waals surface area contributed by atoms with E-state index in [9.17, 15) is 0 Å². The van der Waals surface area contributed by atoms with Crippen LogP contribution in [0.25, 0.3) is 11.0 Å². The summed E-state index contributed by atoms with van der Waals surface area (Å²) < 4.78 is 7.91. The molecule has 0 fully saturated rings. The number of fused-ring (bicyclic) bond motifs is 1. The molecule has 0 amide bonds. The maximum atomic E-state index is 6.11. The zero-order valence-corrected chi connectivity index (χ0v) is 23.6. The lowest BCUT2D eigenvalue weighted by molar-refractivity contribution is 0.282. The molecule has 0 atom stereocenters. The van der Waals surface area contributed by atoms with Gasteiger partial charge in [-0.3, -0.25) is 0 Å². The first-order valence-corrected chi connectivity index (χ1v) is 15.1. The minimum absolute atomic E-state index is 0.694. The van der Waals surface area contributed by atoms with Crippen LogP contribution in [0.3, 0.4) is 0 Å². The van der Waals surface area contributed by atoms with E-state index < -0.39 is 0 Å². The summed E-state index contributed by atoms with van der Waals surface area (Å²) in [5, 5.41) is 5.55. The first-order valence-electron chi connectivity index (χ1n) is 14.1. The Morgan fingerprint density at radius 3 is 2.27 bits per heavy atom. The van der Waals surface area contributed by atoms with Crippen LogP contribution >= 0.6 is 11.8 Å². The Bertz CT molecular complexity index is 1080. The largest absolute Gasteiger partial charge is 0.476 e. The first kappa shape index (κ1) is 29.0. The van der Waals surface area contributed by atoms with Crippen LogP contribution < -0.4 is 4.74 Å². The summed E-state index contributed by atoms with van der Waals surface area (Å²) in [4.78, 5) is 8.94. The van der Waals surface area contributed by atoms with E-state index in [1.165, 1.54) is 69.8 Å². The summed E-state index contributed by atoms with van der Waals surface area (Å²) in [7, 11) is 1.92. The van der Waals surface area contributed by atoms with Gasteiger partial charge in [0.2, 0.25) is 5.88 Å². The fourth-order valence-corrected chi connectivity index (χ4v) is 5.10. The second-order valence-corrected chi connectivity index (χ2v) is 10.5. The summed E-state index contributed by atoms with van der Waals surface area (Å²) in [6, 6.07) is 10.4. The van der Waals surface area contributed by atoms with Crippen molar-refractivity contribution in [2.75, 3.05) is 6.61 Å². The number of allylic oxidation sites excluding steroid dienone is 4. The van der Waals surface area contributed by atoms with Gasteiger partial charge in [-0.05, 0) is 44.1 Å². The van der Waals surface area contributed by atoms with Gasteiger partial charge in [0.1, 0.15) is 16.9 Å². The maximum Gasteiger partial charge on any atom is 0.239 e. The van der Waals surface area contributed by atoms with Crippen molar-refractivity contribution in [1.29, 1.82) is 0 Å². The second-order valence-electron chi connectivity index (χ2n) is 9.51. The molecule has 1 aromatic carbocycles. The van der Waals surface area contributed by atoms with Gasteiger partial charge in [0.25, 0.3) is 0 Å². The SMILES string of the molecule is CCCCC/C=C/C/C=C/CCCCCCCCOc1c2ncnc(SCc3ccccc3)c2nn1C. The highest BCUT2D eigenvalue weighted by molar-refractivity contribution is 7.98. The molecule has 0 saturated carbocycles. The van der Waals surface area contributed by atoms with Crippen LogP contribution in [-0.4, -0.2) is 26.4 Å². The number of hydrogen-bond donors (Lipinski definition) is 0. The molecule has 37 heavy (non-hydrogen) atoms. The van der Waals surface area contributed by atoms with E-state index in [4.69, 9.17) is 4.74 Å². The van der Waals surface area contributed by atoms with Gasteiger partial charge in [0.05, 0.1) is 6.61 Å². The average Bonchev–Trinajstić information content (AvgIpc) is 3.25. The topological polar surface area (TPSA) is 52.8 Å². The monoisotopic (exact) mass is 520 g/mol. The smallest absolute Gasteiger partial charge is 0.239 e. The highest BCUT2D eigenvalue weighted by atomic mass is 32.2. The molecule has 3 aromatic rings. The minimum Gasteiger partial charge on any atom is -0.476 e. The van der Waals surface area contributed by atoms with Crippen molar-refractivity contribution in [2.24, 2.45) is 7.05 Å². The quantitative estimate of drug-likeness (QED) is 0.0684. The molecule has 0 radical (unpaired) electrons. The number of ether oxygens (including phenoxy) is 1. The lowest BCUT2D eigenvalue weighted by atomic mass is 10.1. The van der Waals surface area contributed by atoms with Crippen LogP contribution in [0.1, 0.15) is 89.5 Å². The number of aromatic nitrogens is 4. The first-order chi connectivity index (χ1) is 18.3. The molecular formula is C31H44N4OS. The van der Waals surface area contributed by atoms with Crippen molar-refractivity contribution in [1.82, 2.24) is 19.7 Å². The predicted molar refractivity (Wildman–Crippen MR) is 157 cm³/mol. The fraction of sp³-hybridized carbons (Fsp3) is 0.516. The van der Waals surface area contributed by atoms with Crippen molar-refractivity contribution in [2.45, 2.75) is 94.8 Å². The average molecular weight is 521 g/mol. The third-order valence-corrected chi connectivity index (χ3v) is 7.39. The molecular weight excluding hydrogens is 476 g/mol. The molecule has 0 unspecified atom stereocenters. The highest BCUT2D eigenvalue weighted by Gasteiger charge is 2.16. The molecule has 0 aliphatic heterocycles. The number of benzene rings is 1. The molecule has 5 nitrogen and oxygen atoms in total. The number of nitrogens with zero attached hydrogens (tertiary/aromatic N) is 4. The number of hydrogen-bond acceptors (Lipinski definition) is 5. The molecule has 200 valence electrons. The van der Waals surface area contributed by atoms with Gasteiger partial charge in [0.15, 0.2) is 5.52 Å². The Morgan fingerprint density at radius 1 is 0.811 bits per heavy atom. The molecule has 2 aromatic heterocycles. The van der Waals surface area contributed by atoms with Gasteiger partial charge in [-0.2, -0.15) is 5.10 Å². The van der Waals surface area contributed by atoms with E-state index in [0.29, 0.717) is 6.61 Å². The van der Waals surface area contributed by atoms with Crippen molar-refractivity contribution >= 4 is 22.8 Å². The predicted octanol–water partition coefficient (Wildman–Crippen LogP) is 8.85. The molecule has 0 aliphatic carbocycles. The third-order valence-electron chi connectivity index (χ3n) is 6.34. The molecule has 6 heteroatoms.